The molecule has 0 radical (unpaired) electrons. The molecule has 166 valence electrons. The summed E-state index contributed by atoms with van der Waals surface area (Å²) in [5.41, 5.74) is 4.25. The van der Waals surface area contributed by atoms with Crippen molar-refractivity contribution in [2.75, 3.05) is 6.61 Å². The van der Waals surface area contributed by atoms with Crippen molar-refractivity contribution in [2.45, 2.75) is 31.7 Å². The third kappa shape index (κ3) is 6.79. The molecule has 3 rings (SSSR count). The van der Waals surface area contributed by atoms with E-state index in [9.17, 15) is 19.8 Å². The van der Waals surface area contributed by atoms with Crippen molar-refractivity contribution < 1.29 is 19.8 Å². The minimum atomic E-state index is -1.00. The predicted molar refractivity (Wildman–Crippen MR) is 125 cm³/mol. The van der Waals surface area contributed by atoms with Crippen LogP contribution in [0.1, 0.15) is 36.4 Å². The molecule has 0 fully saturated rings. The number of aliphatic carboxylic acids is 1. The first-order valence-corrected chi connectivity index (χ1v) is 10.9. The summed E-state index contributed by atoms with van der Waals surface area (Å²) >= 11 is 0. The van der Waals surface area contributed by atoms with E-state index < -0.39 is 17.9 Å². The SMILES string of the molecule is O=C(O)C[C@@H](CCCc1ccc(-c2ccccc2)cc1)C(=O)N[C@H](CO)c1ccccc1. The predicted octanol–water partition coefficient (Wildman–Crippen LogP) is 4.62. The highest BCUT2D eigenvalue weighted by atomic mass is 16.4. The summed E-state index contributed by atoms with van der Waals surface area (Å²) < 4.78 is 0. The van der Waals surface area contributed by atoms with Crippen LogP contribution in [0.15, 0.2) is 84.9 Å². The molecule has 0 aliphatic carbocycles. The molecule has 2 atom stereocenters. The normalized spacial score (nSPS) is 12.7. The zero-order valence-electron chi connectivity index (χ0n) is 18.0. The fraction of sp³-hybridized carbons (Fsp3) is 0.259. The number of amides is 1. The van der Waals surface area contributed by atoms with Crippen LogP contribution in [0.2, 0.25) is 0 Å². The first kappa shape index (κ1) is 23.2. The Morgan fingerprint density at radius 1 is 0.812 bits per heavy atom. The van der Waals surface area contributed by atoms with Crippen molar-refractivity contribution in [1.82, 2.24) is 5.32 Å². The molecule has 32 heavy (non-hydrogen) atoms. The minimum Gasteiger partial charge on any atom is -0.481 e. The van der Waals surface area contributed by atoms with E-state index in [-0.39, 0.29) is 18.9 Å². The number of carbonyl (C=O) groups is 2. The van der Waals surface area contributed by atoms with Crippen molar-refractivity contribution in [3.8, 4) is 11.1 Å². The molecule has 1 amide bonds. The quantitative estimate of drug-likeness (QED) is 0.414. The van der Waals surface area contributed by atoms with Gasteiger partial charge in [0.25, 0.3) is 0 Å². The molecule has 0 saturated carbocycles. The number of carboxylic acids is 1. The number of carbonyl (C=O) groups excluding carboxylic acids is 1. The van der Waals surface area contributed by atoms with E-state index >= 15 is 0 Å². The average Bonchev–Trinajstić information content (AvgIpc) is 2.83. The Balaban J connectivity index is 1.57. The van der Waals surface area contributed by atoms with E-state index in [1.54, 1.807) is 0 Å². The van der Waals surface area contributed by atoms with Crippen molar-refractivity contribution in [3.63, 3.8) is 0 Å². The Hall–Kier alpha value is -3.44. The van der Waals surface area contributed by atoms with Crippen molar-refractivity contribution >= 4 is 11.9 Å². The molecule has 5 nitrogen and oxygen atoms in total. The number of benzene rings is 3. The highest BCUT2D eigenvalue weighted by Gasteiger charge is 2.24. The fourth-order valence-electron chi connectivity index (χ4n) is 3.79. The Kier molecular flexibility index (Phi) is 8.58. The average molecular weight is 432 g/mol. The highest BCUT2D eigenvalue weighted by Crippen LogP contribution is 2.21. The molecule has 0 bridgehead atoms. The second-order valence-electron chi connectivity index (χ2n) is 7.90. The number of hydrogen-bond donors (Lipinski definition) is 3. The van der Waals surface area contributed by atoms with Crippen molar-refractivity contribution in [2.24, 2.45) is 5.92 Å². The Morgan fingerprint density at radius 3 is 2.00 bits per heavy atom. The molecule has 0 aliphatic heterocycles. The van der Waals surface area contributed by atoms with Crippen LogP contribution in [0.5, 0.6) is 0 Å². The highest BCUT2D eigenvalue weighted by molar-refractivity contribution is 5.83. The Bertz CT molecular complexity index is 987. The minimum absolute atomic E-state index is 0.230. The van der Waals surface area contributed by atoms with Gasteiger partial charge < -0.3 is 15.5 Å². The molecule has 3 N–H and O–H groups in total. The summed E-state index contributed by atoms with van der Waals surface area (Å²) in [5, 5.41) is 21.8. The van der Waals surface area contributed by atoms with E-state index in [2.05, 4.69) is 41.7 Å². The van der Waals surface area contributed by atoms with Crippen LogP contribution in [0, 0.1) is 5.92 Å². The molecule has 0 heterocycles. The largest absolute Gasteiger partial charge is 0.481 e. The molecule has 0 unspecified atom stereocenters. The number of aliphatic hydroxyl groups is 1. The molecule has 3 aromatic rings. The van der Waals surface area contributed by atoms with E-state index in [1.807, 2.05) is 48.5 Å². The second kappa shape index (κ2) is 11.8. The van der Waals surface area contributed by atoms with Gasteiger partial charge in [0, 0.05) is 5.92 Å². The van der Waals surface area contributed by atoms with E-state index in [0.717, 1.165) is 28.7 Å². The van der Waals surface area contributed by atoms with Gasteiger partial charge in [-0.15, -0.1) is 0 Å². The lowest BCUT2D eigenvalue weighted by Gasteiger charge is -2.21. The van der Waals surface area contributed by atoms with Crippen molar-refractivity contribution in [1.29, 1.82) is 0 Å². The van der Waals surface area contributed by atoms with E-state index in [1.165, 1.54) is 0 Å². The van der Waals surface area contributed by atoms with Gasteiger partial charge in [-0.25, -0.2) is 0 Å². The molecular weight excluding hydrogens is 402 g/mol. The van der Waals surface area contributed by atoms with Crippen LogP contribution in [0.3, 0.4) is 0 Å². The van der Waals surface area contributed by atoms with Gasteiger partial charge in [-0.2, -0.15) is 0 Å². The third-order valence-corrected chi connectivity index (χ3v) is 5.57. The van der Waals surface area contributed by atoms with Crippen molar-refractivity contribution in [3.05, 3.63) is 96.1 Å². The summed E-state index contributed by atoms with van der Waals surface area (Å²) in [6.07, 6.45) is 1.70. The smallest absolute Gasteiger partial charge is 0.304 e. The summed E-state index contributed by atoms with van der Waals surface area (Å²) in [6.45, 7) is -0.247. The number of carboxylic acid groups (broad SMARTS) is 1. The van der Waals surface area contributed by atoms with E-state index in [4.69, 9.17) is 0 Å². The molecule has 0 aliphatic rings. The number of hydrogen-bond acceptors (Lipinski definition) is 3. The maximum atomic E-state index is 12.8. The zero-order chi connectivity index (χ0) is 22.8. The Morgan fingerprint density at radius 2 is 1.41 bits per heavy atom. The third-order valence-electron chi connectivity index (χ3n) is 5.57. The first-order valence-electron chi connectivity index (χ1n) is 10.9. The summed E-state index contributed by atoms with van der Waals surface area (Å²) in [5.74, 6) is -1.98. The number of rotatable bonds is 11. The van der Waals surface area contributed by atoms with E-state index in [0.29, 0.717) is 12.8 Å². The van der Waals surface area contributed by atoms with Crippen LogP contribution in [-0.4, -0.2) is 28.7 Å². The number of nitrogens with one attached hydrogen (secondary N) is 1. The lowest BCUT2D eigenvalue weighted by molar-refractivity contribution is -0.141. The molecule has 3 aromatic carbocycles. The second-order valence-corrected chi connectivity index (χ2v) is 7.90. The van der Waals surface area contributed by atoms with Crippen LogP contribution in [0.4, 0.5) is 0 Å². The van der Waals surface area contributed by atoms with Crippen LogP contribution in [-0.2, 0) is 16.0 Å². The van der Waals surface area contributed by atoms with Gasteiger partial charge in [0.1, 0.15) is 0 Å². The summed E-state index contributed by atoms with van der Waals surface area (Å²) in [6, 6.07) is 27.1. The fourth-order valence-corrected chi connectivity index (χ4v) is 3.79. The first-order chi connectivity index (χ1) is 15.6. The topological polar surface area (TPSA) is 86.6 Å². The maximum Gasteiger partial charge on any atom is 0.304 e. The maximum absolute atomic E-state index is 12.8. The monoisotopic (exact) mass is 431 g/mol. The van der Waals surface area contributed by atoms with Crippen LogP contribution >= 0.6 is 0 Å². The number of aliphatic hydroxyl groups excluding tert-OH is 1. The van der Waals surface area contributed by atoms with Crippen LogP contribution in [0.25, 0.3) is 11.1 Å². The Labute approximate surface area is 188 Å². The molecule has 0 spiro atoms. The lowest BCUT2D eigenvalue weighted by Crippen LogP contribution is -2.36. The molecule has 0 saturated heterocycles. The summed E-state index contributed by atoms with van der Waals surface area (Å²) in [4.78, 5) is 24.1. The van der Waals surface area contributed by atoms with Gasteiger partial charge in [-0.3, -0.25) is 9.59 Å². The van der Waals surface area contributed by atoms with Gasteiger partial charge in [0.2, 0.25) is 5.91 Å². The molecule has 0 aromatic heterocycles. The lowest BCUT2D eigenvalue weighted by atomic mass is 9.94. The standard InChI is InChI=1S/C27H29NO4/c29-19-25(23-11-5-2-6-12-23)28-27(32)24(18-26(30)31)13-7-8-20-14-16-22(17-15-20)21-9-3-1-4-10-21/h1-6,9-12,14-17,24-25,29H,7-8,13,18-19H2,(H,28,32)(H,30,31)/t24-,25-/m1/s1. The van der Waals surface area contributed by atoms with Gasteiger partial charge >= 0.3 is 5.97 Å². The molecular formula is C27H29NO4. The van der Waals surface area contributed by atoms with Gasteiger partial charge in [-0.1, -0.05) is 84.9 Å². The zero-order valence-corrected chi connectivity index (χ0v) is 18.0. The number of aryl methyl sites for hydroxylation is 1. The summed E-state index contributed by atoms with van der Waals surface area (Å²) in [7, 11) is 0. The molecule has 5 heteroatoms. The van der Waals surface area contributed by atoms with Gasteiger partial charge in [0.15, 0.2) is 0 Å². The van der Waals surface area contributed by atoms with Crippen LogP contribution < -0.4 is 5.32 Å². The van der Waals surface area contributed by atoms with Gasteiger partial charge in [0.05, 0.1) is 19.1 Å². The van der Waals surface area contributed by atoms with Gasteiger partial charge in [-0.05, 0) is 41.5 Å².